The van der Waals surface area contributed by atoms with Crippen molar-refractivity contribution in [3.05, 3.63) is 77.5 Å². The topological polar surface area (TPSA) is 87.6 Å². The fourth-order valence-electron chi connectivity index (χ4n) is 3.77. The predicted molar refractivity (Wildman–Crippen MR) is 124 cm³/mol. The Morgan fingerprint density at radius 3 is 2.84 bits per heavy atom. The molecule has 0 unspecified atom stereocenters. The molecule has 2 heterocycles. The number of benzene rings is 2. The van der Waals surface area contributed by atoms with E-state index in [-0.39, 0.29) is 18.6 Å². The van der Waals surface area contributed by atoms with Crippen LogP contribution in [0.1, 0.15) is 47.3 Å². The van der Waals surface area contributed by atoms with Crippen LogP contribution in [0.4, 0.5) is 11.8 Å². The molecule has 0 bridgehead atoms. The van der Waals surface area contributed by atoms with E-state index in [0.717, 1.165) is 23.3 Å². The lowest BCUT2D eigenvalue weighted by Crippen LogP contribution is -2.33. The summed E-state index contributed by atoms with van der Waals surface area (Å²) in [6.07, 6.45) is 3.75. The van der Waals surface area contributed by atoms with Crippen LogP contribution in [-0.4, -0.2) is 40.7 Å². The van der Waals surface area contributed by atoms with E-state index in [0.29, 0.717) is 43.3 Å². The Bertz CT molecular complexity index is 1060. The number of aromatic nitrogens is 2. The van der Waals surface area contributed by atoms with Gasteiger partial charge in [0.05, 0.1) is 12.6 Å². The largest absolute Gasteiger partial charge is 0.493 e. The third kappa shape index (κ3) is 5.06. The molecule has 7 nitrogen and oxygen atoms in total. The fourth-order valence-corrected chi connectivity index (χ4v) is 3.77. The van der Waals surface area contributed by atoms with Gasteiger partial charge in [0.1, 0.15) is 11.6 Å². The van der Waals surface area contributed by atoms with Crippen LogP contribution in [-0.2, 0) is 6.42 Å². The molecule has 1 atom stereocenters. The van der Waals surface area contributed by atoms with Gasteiger partial charge in [-0.15, -0.1) is 0 Å². The molecular weight excluding hydrogens is 404 g/mol. The Labute approximate surface area is 188 Å². The maximum atomic E-state index is 13.4. The van der Waals surface area contributed by atoms with Crippen molar-refractivity contribution in [2.45, 2.75) is 32.2 Å². The molecule has 3 aromatic rings. The fraction of sp³-hybridized carbons (Fsp3) is 0.320. The number of aliphatic hydroxyl groups excluding tert-OH is 1. The van der Waals surface area contributed by atoms with Gasteiger partial charge in [0, 0.05) is 31.3 Å². The minimum Gasteiger partial charge on any atom is -0.493 e. The van der Waals surface area contributed by atoms with E-state index < -0.39 is 0 Å². The summed E-state index contributed by atoms with van der Waals surface area (Å²) in [5.74, 6) is 1.71. The zero-order chi connectivity index (χ0) is 22.3. The monoisotopic (exact) mass is 432 g/mol. The first-order valence-corrected chi connectivity index (χ1v) is 11.0. The van der Waals surface area contributed by atoms with Crippen molar-refractivity contribution in [3.8, 4) is 5.75 Å². The molecule has 0 saturated heterocycles. The Kier molecular flexibility index (Phi) is 6.97. The van der Waals surface area contributed by atoms with Gasteiger partial charge in [0.15, 0.2) is 0 Å². The van der Waals surface area contributed by atoms with Gasteiger partial charge in [-0.2, -0.15) is 4.98 Å². The summed E-state index contributed by atoms with van der Waals surface area (Å²) in [4.78, 5) is 24.1. The van der Waals surface area contributed by atoms with Crippen molar-refractivity contribution < 1.29 is 14.6 Å². The second kappa shape index (κ2) is 10.2. The highest BCUT2D eigenvalue weighted by Crippen LogP contribution is 2.27. The van der Waals surface area contributed by atoms with Crippen molar-refractivity contribution in [1.82, 2.24) is 9.97 Å². The van der Waals surface area contributed by atoms with E-state index in [2.05, 4.69) is 15.3 Å². The average Bonchev–Trinajstić information content (AvgIpc) is 3.30. The Balaban J connectivity index is 1.57. The summed E-state index contributed by atoms with van der Waals surface area (Å²) in [7, 11) is 0. The second-order valence-electron chi connectivity index (χ2n) is 7.82. The van der Waals surface area contributed by atoms with Gasteiger partial charge < -0.3 is 15.2 Å². The van der Waals surface area contributed by atoms with Crippen LogP contribution >= 0.6 is 0 Å². The molecule has 1 aliphatic rings. The van der Waals surface area contributed by atoms with Gasteiger partial charge in [0.2, 0.25) is 5.95 Å². The molecule has 0 saturated carbocycles. The number of rotatable bonds is 9. The van der Waals surface area contributed by atoms with Crippen LogP contribution in [0.3, 0.4) is 0 Å². The highest BCUT2D eigenvalue weighted by atomic mass is 16.5. The minimum absolute atomic E-state index is 0.0155. The smallest absolute Gasteiger partial charge is 0.259 e. The number of nitrogens with zero attached hydrogens (tertiary/aromatic N) is 3. The molecule has 4 rings (SSSR count). The number of anilines is 2. The number of ether oxygens (including phenoxy) is 1. The molecule has 1 aliphatic heterocycles. The van der Waals surface area contributed by atoms with E-state index in [1.54, 1.807) is 23.2 Å². The number of unbranched alkanes of at least 4 members (excludes halogenated alkanes) is 1. The molecule has 2 aromatic carbocycles. The van der Waals surface area contributed by atoms with Crippen LogP contribution in [0.2, 0.25) is 0 Å². The predicted octanol–water partition coefficient (Wildman–Crippen LogP) is 4.00. The summed E-state index contributed by atoms with van der Waals surface area (Å²) >= 11 is 0. The Hall–Kier alpha value is -3.45. The lowest BCUT2D eigenvalue weighted by Gasteiger charge is -2.23. The number of hydrogen-bond acceptors (Lipinski definition) is 6. The standard InChI is InChI=1S/C25H28N4O3/c1-18(19-7-3-2-4-8-19)27-25-26-13-11-23(28-25)29(14-5-6-15-30)24(31)21-9-10-22-20(17-21)12-16-32-22/h2-4,7-11,13,17-18,30H,5-6,12,14-16H2,1H3,(H,26,27,28)/t18-/m0/s1. The van der Waals surface area contributed by atoms with E-state index in [1.165, 1.54) is 0 Å². The van der Waals surface area contributed by atoms with Crippen LogP contribution in [0, 0.1) is 0 Å². The SMILES string of the molecule is C[C@H](Nc1nccc(N(CCCCO)C(=O)c2ccc3c(c2)CCO3)n1)c1ccccc1. The number of carbonyl (C=O) groups excluding carboxylic acids is 1. The van der Waals surface area contributed by atoms with E-state index >= 15 is 0 Å². The van der Waals surface area contributed by atoms with Crippen LogP contribution < -0.4 is 15.0 Å². The number of fused-ring (bicyclic) bond motifs is 1. The van der Waals surface area contributed by atoms with Gasteiger partial charge in [-0.3, -0.25) is 9.69 Å². The van der Waals surface area contributed by atoms with Crippen molar-refractivity contribution in [2.75, 3.05) is 30.0 Å². The summed E-state index contributed by atoms with van der Waals surface area (Å²) in [5.41, 5.74) is 2.77. The van der Waals surface area contributed by atoms with Gasteiger partial charge in [-0.1, -0.05) is 30.3 Å². The molecule has 1 amide bonds. The van der Waals surface area contributed by atoms with Crippen LogP contribution in [0.25, 0.3) is 0 Å². The van der Waals surface area contributed by atoms with E-state index in [4.69, 9.17) is 4.74 Å². The molecule has 0 spiro atoms. The summed E-state index contributed by atoms with van der Waals surface area (Å²) in [6, 6.07) is 17.4. The number of nitrogens with one attached hydrogen (secondary N) is 1. The van der Waals surface area contributed by atoms with Gasteiger partial charge in [-0.05, 0) is 55.2 Å². The first-order valence-electron chi connectivity index (χ1n) is 11.0. The maximum absolute atomic E-state index is 13.4. The van der Waals surface area contributed by atoms with Crippen LogP contribution in [0.5, 0.6) is 5.75 Å². The Morgan fingerprint density at radius 2 is 2.03 bits per heavy atom. The third-order valence-corrected chi connectivity index (χ3v) is 5.53. The zero-order valence-corrected chi connectivity index (χ0v) is 18.2. The minimum atomic E-state index is -0.126. The summed E-state index contributed by atoms with van der Waals surface area (Å²) < 4.78 is 5.57. The zero-order valence-electron chi connectivity index (χ0n) is 18.2. The lowest BCUT2D eigenvalue weighted by molar-refractivity contribution is 0.0985. The maximum Gasteiger partial charge on any atom is 0.259 e. The number of carbonyl (C=O) groups is 1. The van der Waals surface area contributed by atoms with Crippen molar-refractivity contribution in [2.24, 2.45) is 0 Å². The van der Waals surface area contributed by atoms with E-state index in [1.807, 2.05) is 49.4 Å². The van der Waals surface area contributed by atoms with Crippen LogP contribution in [0.15, 0.2) is 60.8 Å². The van der Waals surface area contributed by atoms with Crippen molar-refractivity contribution in [1.29, 1.82) is 0 Å². The van der Waals surface area contributed by atoms with Gasteiger partial charge >= 0.3 is 0 Å². The molecule has 32 heavy (non-hydrogen) atoms. The van der Waals surface area contributed by atoms with Gasteiger partial charge in [0.25, 0.3) is 5.91 Å². The molecule has 0 aliphatic carbocycles. The quantitative estimate of drug-likeness (QED) is 0.497. The molecule has 0 radical (unpaired) electrons. The molecule has 1 aromatic heterocycles. The number of hydrogen-bond donors (Lipinski definition) is 2. The summed E-state index contributed by atoms with van der Waals surface area (Å²) in [6.45, 7) is 3.23. The first-order chi connectivity index (χ1) is 15.7. The molecule has 166 valence electrons. The van der Waals surface area contributed by atoms with Gasteiger partial charge in [-0.25, -0.2) is 4.98 Å². The highest BCUT2D eigenvalue weighted by molar-refractivity contribution is 6.05. The highest BCUT2D eigenvalue weighted by Gasteiger charge is 2.22. The molecule has 0 fully saturated rings. The lowest BCUT2D eigenvalue weighted by atomic mass is 10.1. The normalized spacial score (nSPS) is 13.2. The molecular formula is C25H28N4O3. The first kappa shape index (κ1) is 21.8. The number of aliphatic hydroxyl groups is 1. The van der Waals surface area contributed by atoms with Crippen molar-refractivity contribution in [3.63, 3.8) is 0 Å². The Morgan fingerprint density at radius 1 is 1.19 bits per heavy atom. The molecule has 2 N–H and O–H groups in total. The second-order valence-corrected chi connectivity index (χ2v) is 7.82. The average molecular weight is 433 g/mol. The van der Waals surface area contributed by atoms with Crippen molar-refractivity contribution >= 4 is 17.7 Å². The molecule has 7 heteroatoms. The third-order valence-electron chi connectivity index (χ3n) is 5.53. The van der Waals surface area contributed by atoms with E-state index in [9.17, 15) is 9.90 Å². The number of amides is 1. The summed E-state index contributed by atoms with van der Waals surface area (Å²) in [5, 5.41) is 12.5.